The van der Waals surface area contributed by atoms with Crippen LogP contribution in [0.25, 0.3) is 0 Å². The summed E-state index contributed by atoms with van der Waals surface area (Å²) in [5, 5.41) is 8.86. The zero-order valence-corrected chi connectivity index (χ0v) is 6.44. The van der Waals surface area contributed by atoms with Gasteiger partial charge in [-0.2, -0.15) is 0 Å². The lowest BCUT2D eigenvalue weighted by Crippen LogP contribution is -1.79. The Labute approximate surface area is 64.3 Å². The van der Waals surface area contributed by atoms with E-state index in [1.165, 1.54) is 25.1 Å². The third kappa shape index (κ3) is 2.53. The monoisotopic (exact) mass is 160 g/mol. The standard InChI is InChI=1S/C7H7FO.CH3F/c1-5-6(8)3-2-4-7(5)9;1-2/h2-4,9H,1H3;1H3. The number of phenolic OH excluding ortho intramolecular Hbond substituents is 1. The van der Waals surface area contributed by atoms with Crippen LogP contribution in [0.4, 0.5) is 8.78 Å². The first-order valence-electron chi connectivity index (χ1n) is 3.03. The molecule has 1 rings (SSSR count). The molecule has 0 unspecified atom stereocenters. The summed E-state index contributed by atoms with van der Waals surface area (Å²) in [5.74, 6) is -0.356. The molecule has 0 atom stereocenters. The molecular weight excluding hydrogens is 150 g/mol. The molecule has 0 fully saturated rings. The van der Waals surface area contributed by atoms with Gasteiger partial charge in [-0.25, -0.2) is 4.39 Å². The molecule has 11 heavy (non-hydrogen) atoms. The Morgan fingerprint density at radius 2 is 1.82 bits per heavy atom. The molecule has 0 aliphatic heterocycles. The Balaban J connectivity index is 0.000000461. The van der Waals surface area contributed by atoms with Gasteiger partial charge in [-0.15, -0.1) is 0 Å². The van der Waals surface area contributed by atoms with Crippen LogP contribution in [0.2, 0.25) is 0 Å². The lowest BCUT2D eigenvalue weighted by molar-refractivity contribution is 0.463. The highest BCUT2D eigenvalue weighted by Gasteiger charge is 1.98. The van der Waals surface area contributed by atoms with E-state index in [0.717, 1.165) is 0 Å². The SMILES string of the molecule is CF.Cc1c(O)cccc1F. The van der Waals surface area contributed by atoms with E-state index in [-0.39, 0.29) is 11.6 Å². The molecule has 0 spiro atoms. The van der Waals surface area contributed by atoms with E-state index in [2.05, 4.69) is 0 Å². The Hall–Kier alpha value is -1.12. The van der Waals surface area contributed by atoms with Crippen LogP contribution in [-0.2, 0) is 0 Å². The second kappa shape index (κ2) is 4.66. The largest absolute Gasteiger partial charge is 0.508 e. The molecule has 0 bridgehead atoms. The van der Waals surface area contributed by atoms with E-state index in [1.54, 1.807) is 0 Å². The molecule has 0 heterocycles. The van der Waals surface area contributed by atoms with Gasteiger partial charge in [0, 0.05) is 5.56 Å². The molecule has 1 aromatic carbocycles. The summed E-state index contributed by atoms with van der Waals surface area (Å²) in [6.07, 6.45) is 0. The van der Waals surface area contributed by atoms with Gasteiger partial charge in [0.2, 0.25) is 0 Å². The number of benzene rings is 1. The molecule has 0 saturated carbocycles. The summed E-state index contributed by atoms with van der Waals surface area (Å²) < 4.78 is 21.9. The van der Waals surface area contributed by atoms with Gasteiger partial charge in [0.05, 0.1) is 7.18 Å². The summed E-state index contributed by atoms with van der Waals surface area (Å²) in [7, 11) is 0.500. The van der Waals surface area contributed by atoms with Crippen molar-refractivity contribution >= 4 is 0 Å². The van der Waals surface area contributed by atoms with Crippen molar-refractivity contribution in [2.45, 2.75) is 6.92 Å². The topological polar surface area (TPSA) is 20.2 Å². The van der Waals surface area contributed by atoms with Crippen molar-refractivity contribution in [3.05, 3.63) is 29.6 Å². The minimum Gasteiger partial charge on any atom is -0.508 e. The molecule has 3 heteroatoms. The summed E-state index contributed by atoms with van der Waals surface area (Å²) in [5.41, 5.74) is 0.303. The maximum absolute atomic E-state index is 12.4. The Morgan fingerprint density at radius 1 is 1.27 bits per heavy atom. The summed E-state index contributed by atoms with van der Waals surface area (Å²) >= 11 is 0. The van der Waals surface area contributed by atoms with Gasteiger partial charge in [0.1, 0.15) is 11.6 Å². The minimum absolute atomic E-state index is 0.00926. The van der Waals surface area contributed by atoms with Gasteiger partial charge >= 0.3 is 0 Å². The van der Waals surface area contributed by atoms with E-state index in [4.69, 9.17) is 5.11 Å². The van der Waals surface area contributed by atoms with Gasteiger partial charge in [-0.3, -0.25) is 4.39 Å². The summed E-state index contributed by atoms with van der Waals surface area (Å²) in [6.45, 7) is 1.53. The fourth-order valence-electron chi connectivity index (χ4n) is 0.596. The molecule has 1 N–H and O–H groups in total. The predicted molar refractivity (Wildman–Crippen MR) is 39.8 cm³/mol. The van der Waals surface area contributed by atoms with Crippen molar-refractivity contribution < 1.29 is 13.9 Å². The highest BCUT2D eigenvalue weighted by Crippen LogP contribution is 2.16. The highest BCUT2D eigenvalue weighted by molar-refractivity contribution is 5.31. The first-order valence-corrected chi connectivity index (χ1v) is 3.03. The number of phenols is 1. The van der Waals surface area contributed by atoms with Gasteiger partial charge in [0.25, 0.3) is 0 Å². The second-order valence-electron chi connectivity index (χ2n) is 1.88. The zero-order chi connectivity index (χ0) is 8.85. The average molecular weight is 160 g/mol. The minimum atomic E-state index is -0.366. The van der Waals surface area contributed by atoms with E-state index >= 15 is 0 Å². The molecule has 0 amide bonds. The van der Waals surface area contributed by atoms with Gasteiger partial charge < -0.3 is 5.11 Å². The molecule has 0 aromatic heterocycles. The normalized spacial score (nSPS) is 8.36. The van der Waals surface area contributed by atoms with Crippen LogP contribution in [0.5, 0.6) is 5.75 Å². The van der Waals surface area contributed by atoms with E-state index in [9.17, 15) is 8.78 Å². The Morgan fingerprint density at radius 3 is 2.18 bits per heavy atom. The van der Waals surface area contributed by atoms with Crippen molar-refractivity contribution in [2.24, 2.45) is 0 Å². The summed E-state index contributed by atoms with van der Waals surface area (Å²) in [6, 6.07) is 4.24. The van der Waals surface area contributed by atoms with Crippen LogP contribution in [0.3, 0.4) is 0 Å². The quantitative estimate of drug-likeness (QED) is 0.618. The lowest BCUT2D eigenvalue weighted by atomic mass is 10.2. The molecule has 0 saturated heterocycles. The maximum atomic E-state index is 12.4. The third-order valence-corrected chi connectivity index (χ3v) is 1.24. The van der Waals surface area contributed by atoms with Crippen LogP contribution in [0, 0.1) is 12.7 Å². The number of hydrogen-bond acceptors (Lipinski definition) is 1. The van der Waals surface area contributed by atoms with Crippen LogP contribution in [0.1, 0.15) is 5.56 Å². The second-order valence-corrected chi connectivity index (χ2v) is 1.88. The summed E-state index contributed by atoms with van der Waals surface area (Å²) in [4.78, 5) is 0. The molecule has 1 nitrogen and oxygen atoms in total. The molecule has 0 aliphatic carbocycles. The number of hydrogen-bond donors (Lipinski definition) is 1. The maximum Gasteiger partial charge on any atom is 0.129 e. The van der Waals surface area contributed by atoms with E-state index < -0.39 is 0 Å². The van der Waals surface area contributed by atoms with Gasteiger partial charge in [-0.05, 0) is 19.1 Å². The Kier molecular flexibility index (Phi) is 4.18. The van der Waals surface area contributed by atoms with Gasteiger partial charge in [0.15, 0.2) is 0 Å². The van der Waals surface area contributed by atoms with Crippen LogP contribution in [0.15, 0.2) is 18.2 Å². The van der Waals surface area contributed by atoms with E-state index in [1.807, 2.05) is 0 Å². The lowest BCUT2D eigenvalue weighted by Gasteiger charge is -1.96. The van der Waals surface area contributed by atoms with Gasteiger partial charge in [-0.1, -0.05) is 6.07 Å². The molecule has 0 radical (unpaired) electrons. The number of halogens is 2. The fraction of sp³-hybridized carbons (Fsp3) is 0.250. The van der Waals surface area contributed by atoms with E-state index in [0.29, 0.717) is 12.7 Å². The molecule has 62 valence electrons. The van der Waals surface area contributed by atoms with Crippen LogP contribution in [-0.4, -0.2) is 12.3 Å². The highest BCUT2D eigenvalue weighted by atomic mass is 19.1. The van der Waals surface area contributed by atoms with Crippen molar-refractivity contribution in [3.63, 3.8) is 0 Å². The number of aromatic hydroxyl groups is 1. The average Bonchev–Trinajstić information content (AvgIpc) is 2.04. The van der Waals surface area contributed by atoms with Crippen molar-refractivity contribution in [1.29, 1.82) is 0 Å². The van der Waals surface area contributed by atoms with Crippen LogP contribution >= 0.6 is 0 Å². The van der Waals surface area contributed by atoms with Crippen LogP contribution < -0.4 is 0 Å². The zero-order valence-electron chi connectivity index (χ0n) is 6.44. The molecular formula is C8H10F2O. The first-order chi connectivity index (χ1) is 5.22. The molecule has 1 aromatic rings. The Bertz CT molecular complexity index is 203. The van der Waals surface area contributed by atoms with Crippen molar-refractivity contribution in [2.75, 3.05) is 7.18 Å². The van der Waals surface area contributed by atoms with Crippen molar-refractivity contribution in [1.82, 2.24) is 0 Å². The molecule has 0 aliphatic rings. The number of alkyl halides is 1. The third-order valence-electron chi connectivity index (χ3n) is 1.24. The van der Waals surface area contributed by atoms with Crippen molar-refractivity contribution in [3.8, 4) is 5.75 Å². The smallest absolute Gasteiger partial charge is 0.129 e. The fourth-order valence-corrected chi connectivity index (χ4v) is 0.596. The number of rotatable bonds is 0. The first kappa shape index (κ1) is 9.88. The predicted octanol–water partition coefficient (Wildman–Crippen LogP) is 2.43.